The van der Waals surface area contributed by atoms with Gasteiger partial charge in [0.2, 0.25) is 0 Å². The van der Waals surface area contributed by atoms with Crippen molar-refractivity contribution >= 4 is 23.5 Å². The predicted octanol–water partition coefficient (Wildman–Crippen LogP) is 3.53. The molecule has 0 radical (unpaired) electrons. The van der Waals surface area contributed by atoms with Crippen LogP contribution in [0.15, 0.2) is 47.9 Å². The molecule has 9 nitrogen and oxygen atoms in total. The van der Waals surface area contributed by atoms with Crippen molar-refractivity contribution in [2.24, 2.45) is 5.73 Å². The Hall–Kier alpha value is -3.95. The fraction of sp³-hybridized carbons (Fsp3) is 0.387. The lowest BCUT2D eigenvalue weighted by Gasteiger charge is -2.35. The van der Waals surface area contributed by atoms with E-state index in [1.54, 1.807) is 6.08 Å². The molecule has 3 heterocycles. The van der Waals surface area contributed by atoms with E-state index in [0.717, 1.165) is 66.6 Å². The Morgan fingerprint density at radius 3 is 2.50 bits per heavy atom. The van der Waals surface area contributed by atoms with Crippen LogP contribution in [0.5, 0.6) is 0 Å². The van der Waals surface area contributed by atoms with Crippen LogP contribution in [0, 0.1) is 13.8 Å². The van der Waals surface area contributed by atoms with E-state index in [1.807, 2.05) is 50.4 Å². The molecule has 40 heavy (non-hydrogen) atoms. The van der Waals surface area contributed by atoms with E-state index in [2.05, 4.69) is 45.8 Å². The average Bonchev–Trinajstić information content (AvgIpc) is 2.92. The zero-order valence-corrected chi connectivity index (χ0v) is 24.0. The number of anilines is 2. The summed E-state index contributed by atoms with van der Waals surface area (Å²) in [5.41, 5.74) is 11.5. The maximum absolute atomic E-state index is 13.5. The number of nitrogens with one attached hydrogen (secondary N) is 3. The molecule has 0 aliphatic carbocycles. The summed E-state index contributed by atoms with van der Waals surface area (Å²) in [6.45, 7) is 17.3. The second-order valence-electron chi connectivity index (χ2n) is 10.6. The molecule has 1 amide bonds. The molecule has 1 aliphatic heterocycles. The van der Waals surface area contributed by atoms with Crippen molar-refractivity contribution in [2.75, 3.05) is 49.5 Å². The second kappa shape index (κ2) is 12.9. The fourth-order valence-corrected chi connectivity index (χ4v) is 5.15. The molecular formula is C31H41N7O2. The molecule has 9 heteroatoms. The highest BCUT2D eigenvalue weighted by Gasteiger charge is 2.20. The lowest BCUT2D eigenvalue weighted by molar-refractivity contribution is 0.0950. The Balaban J connectivity index is 1.61. The van der Waals surface area contributed by atoms with Gasteiger partial charge in [-0.2, -0.15) is 0 Å². The maximum Gasteiger partial charge on any atom is 0.253 e. The van der Waals surface area contributed by atoms with E-state index in [4.69, 9.17) is 10.7 Å². The Morgan fingerprint density at radius 2 is 1.90 bits per heavy atom. The third-order valence-corrected chi connectivity index (χ3v) is 7.22. The zero-order chi connectivity index (χ0) is 28.8. The summed E-state index contributed by atoms with van der Waals surface area (Å²) in [4.78, 5) is 38.2. The number of rotatable bonds is 10. The van der Waals surface area contributed by atoms with Crippen molar-refractivity contribution in [1.82, 2.24) is 20.2 Å². The molecule has 5 N–H and O–H groups in total. The van der Waals surface area contributed by atoms with Gasteiger partial charge in [-0.05, 0) is 69.2 Å². The number of H-pyrrole nitrogens is 1. The Morgan fingerprint density at radius 1 is 1.15 bits per heavy atom. The Labute approximate surface area is 236 Å². The summed E-state index contributed by atoms with van der Waals surface area (Å²) in [5, 5.41) is 6.40. The van der Waals surface area contributed by atoms with E-state index in [9.17, 15) is 9.59 Å². The van der Waals surface area contributed by atoms with Gasteiger partial charge in [-0.15, -0.1) is 0 Å². The molecule has 0 saturated carbocycles. The number of benzene rings is 1. The van der Waals surface area contributed by atoms with Gasteiger partial charge in [0.05, 0.1) is 0 Å². The molecule has 4 rings (SSSR count). The molecule has 2 aromatic heterocycles. The van der Waals surface area contributed by atoms with Gasteiger partial charge in [-0.3, -0.25) is 14.5 Å². The first kappa shape index (κ1) is 29.0. The molecule has 1 aliphatic rings. The van der Waals surface area contributed by atoms with Crippen LogP contribution in [-0.2, 0) is 6.54 Å². The van der Waals surface area contributed by atoms with Gasteiger partial charge in [0.25, 0.3) is 11.5 Å². The van der Waals surface area contributed by atoms with Gasteiger partial charge in [-0.25, -0.2) is 4.98 Å². The highest BCUT2D eigenvalue weighted by atomic mass is 16.1. The average molecular weight is 544 g/mol. The SMILES string of the molecule is C=Cc1c(NC(C)C)cc(-c2ccc(N3CCN(CCN)CC3)nc2)cc1C(=O)NCc1c(C)cc(C)[nH]c1=O. The number of hydrogen-bond acceptors (Lipinski definition) is 7. The van der Waals surface area contributed by atoms with Crippen molar-refractivity contribution < 1.29 is 4.79 Å². The molecule has 1 saturated heterocycles. The van der Waals surface area contributed by atoms with Gasteiger partial charge in [0.1, 0.15) is 5.82 Å². The van der Waals surface area contributed by atoms with Gasteiger partial charge in [-0.1, -0.05) is 12.7 Å². The van der Waals surface area contributed by atoms with Crippen LogP contribution in [0.25, 0.3) is 17.2 Å². The van der Waals surface area contributed by atoms with Crippen molar-refractivity contribution in [1.29, 1.82) is 0 Å². The monoisotopic (exact) mass is 543 g/mol. The van der Waals surface area contributed by atoms with E-state index >= 15 is 0 Å². The number of aromatic nitrogens is 2. The highest BCUT2D eigenvalue weighted by molar-refractivity contribution is 6.01. The Kier molecular flexibility index (Phi) is 9.39. The van der Waals surface area contributed by atoms with Gasteiger partial charge >= 0.3 is 0 Å². The number of pyridine rings is 2. The molecule has 0 bridgehead atoms. The van der Waals surface area contributed by atoms with Crippen molar-refractivity contribution in [3.05, 3.63) is 81.4 Å². The number of carbonyl (C=O) groups is 1. The van der Waals surface area contributed by atoms with E-state index in [0.29, 0.717) is 23.2 Å². The fourth-order valence-electron chi connectivity index (χ4n) is 5.15. The minimum Gasteiger partial charge on any atom is -0.382 e. The number of aromatic amines is 1. The summed E-state index contributed by atoms with van der Waals surface area (Å²) in [5.74, 6) is 0.666. The molecule has 3 aromatic rings. The molecule has 212 valence electrons. The molecule has 1 fully saturated rings. The number of carbonyl (C=O) groups excluding carboxylic acids is 1. The maximum atomic E-state index is 13.5. The topological polar surface area (TPSA) is 119 Å². The van der Waals surface area contributed by atoms with Gasteiger partial charge in [0.15, 0.2) is 0 Å². The predicted molar refractivity (Wildman–Crippen MR) is 164 cm³/mol. The summed E-state index contributed by atoms with van der Waals surface area (Å²) in [6, 6.07) is 10.0. The second-order valence-corrected chi connectivity index (χ2v) is 10.6. The molecule has 0 unspecified atom stereocenters. The van der Waals surface area contributed by atoms with Crippen LogP contribution in [0.3, 0.4) is 0 Å². The number of nitrogens with two attached hydrogens (primary N) is 1. The smallest absolute Gasteiger partial charge is 0.253 e. The standard InChI is InChI=1S/C31H41N7O2/c1-6-25-26(30(39)34-19-27-21(4)15-22(5)36-31(27)40)16-24(17-28(25)35-20(2)3)23-7-8-29(33-18-23)38-13-11-37(10-9-32)12-14-38/h6-8,15-18,20,35H,1,9-14,19,32H2,2-5H3,(H,34,39)(H,36,40). The van der Waals surface area contributed by atoms with Crippen LogP contribution >= 0.6 is 0 Å². The first-order valence-corrected chi connectivity index (χ1v) is 13.9. The van der Waals surface area contributed by atoms with E-state index in [1.165, 1.54) is 0 Å². The van der Waals surface area contributed by atoms with E-state index < -0.39 is 0 Å². The number of hydrogen-bond donors (Lipinski definition) is 4. The normalized spacial score (nSPS) is 13.9. The molecule has 0 spiro atoms. The van der Waals surface area contributed by atoms with Crippen molar-refractivity contribution in [3.8, 4) is 11.1 Å². The van der Waals surface area contributed by atoms with Crippen LogP contribution < -0.4 is 26.8 Å². The minimum atomic E-state index is -0.275. The van der Waals surface area contributed by atoms with Crippen LogP contribution in [-0.4, -0.2) is 66.1 Å². The lowest BCUT2D eigenvalue weighted by Crippen LogP contribution is -2.48. The first-order valence-electron chi connectivity index (χ1n) is 13.9. The van der Waals surface area contributed by atoms with Crippen molar-refractivity contribution in [3.63, 3.8) is 0 Å². The quantitative estimate of drug-likeness (QED) is 0.309. The lowest BCUT2D eigenvalue weighted by atomic mass is 9.96. The third kappa shape index (κ3) is 6.78. The van der Waals surface area contributed by atoms with E-state index in [-0.39, 0.29) is 24.1 Å². The van der Waals surface area contributed by atoms with Gasteiger partial charge < -0.3 is 26.3 Å². The largest absolute Gasteiger partial charge is 0.382 e. The summed E-state index contributed by atoms with van der Waals surface area (Å²) in [7, 11) is 0. The minimum absolute atomic E-state index is 0.128. The third-order valence-electron chi connectivity index (χ3n) is 7.22. The summed E-state index contributed by atoms with van der Waals surface area (Å²) >= 11 is 0. The molecule has 1 aromatic carbocycles. The van der Waals surface area contributed by atoms with Crippen LogP contribution in [0.4, 0.5) is 11.5 Å². The summed E-state index contributed by atoms with van der Waals surface area (Å²) < 4.78 is 0. The highest BCUT2D eigenvalue weighted by Crippen LogP contribution is 2.31. The number of nitrogens with zero attached hydrogens (tertiary/aromatic N) is 3. The zero-order valence-electron chi connectivity index (χ0n) is 24.0. The molecular weight excluding hydrogens is 502 g/mol. The number of amides is 1. The number of piperazine rings is 1. The number of aryl methyl sites for hydroxylation is 2. The summed E-state index contributed by atoms with van der Waals surface area (Å²) in [6.07, 6.45) is 3.56. The van der Waals surface area contributed by atoms with Crippen LogP contribution in [0.2, 0.25) is 0 Å². The first-order chi connectivity index (χ1) is 19.2. The van der Waals surface area contributed by atoms with Crippen LogP contribution in [0.1, 0.15) is 46.6 Å². The van der Waals surface area contributed by atoms with Gasteiger partial charge in [0, 0.05) is 91.7 Å². The Bertz CT molecular complexity index is 1400. The molecule has 0 atom stereocenters. The van der Waals surface area contributed by atoms with Crippen molar-refractivity contribution in [2.45, 2.75) is 40.3 Å².